The number of pyridine rings is 1. The first-order valence-electron chi connectivity index (χ1n) is 6.23. The second kappa shape index (κ2) is 5.10. The first kappa shape index (κ1) is 11.7. The molecule has 1 aliphatic carbocycles. The fourth-order valence-corrected chi connectivity index (χ4v) is 2.36. The molecular formula is C15H14N2O2. The van der Waals surface area contributed by atoms with Gasteiger partial charge in [-0.2, -0.15) is 0 Å². The van der Waals surface area contributed by atoms with Crippen molar-refractivity contribution in [2.24, 2.45) is 5.16 Å². The van der Waals surface area contributed by atoms with Crippen molar-refractivity contribution < 1.29 is 9.94 Å². The lowest BCUT2D eigenvalue weighted by atomic mass is 10.1. The van der Waals surface area contributed by atoms with E-state index in [2.05, 4.69) is 10.1 Å². The summed E-state index contributed by atoms with van der Waals surface area (Å²) in [6, 6.07) is 9.72. The number of nitrogens with zero attached hydrogens (tertiary/aromatic N) is 2. The Kier molecular flexibility index (Phi) is 3.14. The second-order valence-corrected chi connectivity index (χ2v) is 4.48. The van der Waals surface area contributed by atoms with Gasteiger partial charge in [0.2, 0.25) is 0 Å². The van der Waals surface area contributed by atoms with Crippen LogP contribution in [0, 0.1) is 0 Å². The van der Waals surface area contributed by atoms with Crippen molar-refractivity contribution in [3.05, 3.63) is 59.4 Å². The van der Waals surface area contributed by atoms with Crippen molar-refractivity contribution in [3.8, 4) is 5.75 Å². The van der Waals surface area contributed by atoms with E-state index in [1.165, 1.54) is 0 Å². The Morgan fingerprint density at radius 3 is 2.95 bits per heavy atom. The first-order chi connectivity index (χ1) is 9.38. The minimum Gasteiger partial charge on any atom is -0.489 e. The monoisotopic (exact) mass is 254 g/mol. The Balaban J connectivity index is 1.82. The molecule has 0 saturated heterocycles. The van der Waals surface area contributed by atoms with Crippen LogP contribution < -0.4 is 4.74 Å². The molecule has 1 N–H and O–H groups in total. The summed E-state index contributed by atoms with van der Waals surface area (Å²) in [6.07, 6.45) is 5.16. The molecule has 4 nitrogen and oxygen atoms in total. The van der Waals surface area contributed by atoms with Gasteiger partial charge in [0.05, 0.1) is 5.71 Å². The largest absolute Gasteiger partial charge is 0.489 e. The minimum atomic E-state index is 0.496. The Bertz CT molecular complexity index is 609. The topological polar surface area (TPSA) is 54.7 Å². The lowest BCUT2D eigenvalue weighted by molar-refractivity contribution is 0.303. The van der Waals surface area contributed by atoms with Gasteiger partial charge in [0.25, 0.3) is 0 Å². The van der Waals surface area contributed by atoms with Crippen molar-refractivity contribution in [1.29, 1.82) is 0 Å². The summed E-state index contributed by atoms with van der Waals surface area (Å²) in [5.74, 6) is 0.861. The quantitative estimate of drug-likeness (QED) is 0.677. The molecule has 19 heavy (non-hydrogen) atoms. The van der Waals surface area contributed by atoms with Gasteiger partial charge in [0, 0.05) is 29.1 Å². The molecule has 0 unspecified atom stereocenters. The van der Waals surface area contributed by atoms with Crippen LogP contribution in [0.15, 0.2) is 47.9 Å². The molecule has 0 bridgehead atoms. The molecule has 1 heterocycles. The van der Waals surface area contributed by atoms with Crippen molar-refractivity contribution in [1.82, 2.24) is 4.98 Å². The minimum absolute atomic E-state index is 0.496. The molecule has 1 aromatic carbocycles. The third kappa shape index (κ3) is 2.29. The molecule has 0 fully saturated rings. The lowest BCUT2D eigenvalue weighted by Gasteiger charge is -2.10. The normalized spacial score (nSPS) is 15.5. The smallest absolute Gasteiger partial charge is 0.123 e. The van der Waals surface area contributed by atoms with E-state index >= 15 is 0 Å². The maximum Gasteiger partial charge on any atom is 0.123 e. The van der Waals surface area contributed by atoms with Crippen LogP contribution in [-0.2, 0) is 13.0 Å². The highest BCUT2D eigenvalue weighted by Crippen LogP contribution is 2.31. The third-order valence-corrected chi connectivity index (χ3v) is 3.29. The van der Waals surface area contributed by atoms with Crippen LogP contribution in [0.3, 0.4) is 0 Å². The number of ether oxygens (including phenoxy) is 1. The van der Waals surface area contributed by atoms with Crippen LogP contribution in [0.2, 0.25) is 0 Å². The van der Waals surface area contributed by atoms with E-state index in [-0.39, 0.29) is 0 Å². The van der Waals surface area contributed by atoms with Gasteiger partial charge in [-0.05, 0) is 25.0 Å². The van der Waals surface area contributed by atoms with Crippen molar-refractivity contribution >= 4 is 5.71 Å². The maximum atomic E-state index is 8.95. The molecule has 0 saturated carbocycles. The van der Waals surface area contributed by atoms with Gasteiger partial charge in [0.1, 0.15) is 12.4 Å². The van der Waals surface area contributed by atoms with Crippen LogP contribution in [0.1, 0.15) is 23.1 Å². The molecule has 0 aliphatic heterocycles. The van der Waals surface area contributed by atoms with E-state index < -0.39 is 0 Å². The van der Waals surface area contributed by atoms with E-state index in [4.69, 9.17) is 9.94 Å². The highest BCUT2D eigenvalue weighted by atomic mass is 16.5. The molecule has 2 aromatic rings. The molecule has 4 heteroatoms. The van der Waals surface area contributed by atoms with E-state index in [9.17, 15) is 0 Å². The van der Waals surface area contributed by atoms with Crippen molar-refractivity contribution in [3.63, 3.8) is 0 Å². The number of hydrogen-bond donors (Lipinski definition) is 1. The van der Waals surface area contributed by atoms with E-state index in [0.29, 0.717) is 6.61 Å². The third-order valence-electron chi connectivity index (χ3n) is 3.29. The number of hydrogen-bond acceptors (Lipinski definition) is 4. The average molecular weight is 254 g/mol. The zero-order chi connectivity index (χ0) is 13.1. The lowest BCUT2D eigenvalue weighted by Crippen LogP contribution is -1.99. The zero-order valence-corrected chi connectivity index (χ0v) is 10.4. The van der Waals surface area contributed by atoms with Gasteiger partial charge in [-0.1, -0.05) is 23.4 Å². The number of rotatable bonds is 3. The number of fused-ring (bicyclic) bond motifs is 1. The second-order valence-electron chi connectivity index (χ2n) is 4.48. The zero-order valence-electron chi connectivity index (χ0n) is 10.4. The summed E-state index contributed by atoms with van der Waals surface area (Å²) in [5.41, 5.74) is 3.89. The van der Waals surface area contributed by atoms with Gasteiger partial charge < -0.3 is 9.94 Å². The molecule has 0 radical (unpaired) electrons. The Morgan fingerprint density at radius 2 is 2.16 bits per heavy atom. The maximum absolute atomic E-state index is 8.95. The molecule has 3 rings (SSSR count). The number of oxime groups is 1. The van der Waals surface area contributed by atoms with Crippen LogP contribution >= 0.6 is 0 Å². The van der Waals surface area contributed by atoms with Crippen LogP contribution in [0.5, 0.6) is 5.75 Å². The predicted octanol–water partition coefficient (Wildman–Crippen LogP) is 2.79. The molecule has 0 atom stereocenters. The summed E-state index contributed by atoms with van der Waals surface area (Å²) in [4.78, 5) is 4.06. The molecule has 1 aromatic heterocycles. The van der Waals surface area contributed by atoms with Gasteiger partial charge in [-0.3, -0.25) is 4.98 Å². The molecule has 96 valence electrons. The predicted molar refractivity (Wildman–Crippen MR) is 71.7 cm³/mol. The van der Waals surface area contributed by atoms with Gasteiger partial charge >= 0.3 is 0 Å². The van der Waals surface area contributed by atoms with E-state index in [1.54, 1.807) is 12.4 Å². The number of aromatic nitrogens is 1. The summed E-state index contributed by atoms with van der Waals surface area (Å²) < 4.78 is 5.85. The molecular weight excluding hydrogens is 240 g/mol. The molecule has 0 amide bonds. The first-order valence-corrected chi connectivity index (χ1v) is 6.23. The van der Waals surface area contributed by atoms with E-state index in [1.807, 2.05) is 30.3 Å². The average Bonchev–Trinajstić information content (AvgIpc) is 2.90. The van der Waals surface area contributed by atoms with Gasteiger partial charge in [-0.25, -0.2) is 0 Å². The van der Waals surface area contributed by atoms with Crippen LogP contribution in [-0.4, -0.2) is 15.9 Å². The van der Waals surface area contributed by atoms with Crippen LogP contribution in [0.4, 0.5) is 0 Å². The fraction of sp³-hybridized carbons (Fsp3) is 0.200. The van der Waals surface area contributed by atoms with Gasteiger partial charge in [-0.15, -0.1) is 0 Å². The van der Waals surface area contributed by atoms with Crippen LogP contribution in [0.25, 0.3) is 0 Å². The van der Waals surface area contributed by atoms with E-state index in [0.717, 1.165) is 41.0 Å². The summed E-state index contributed by atoms with van der Waals surface area (Å²) in [6.45, 7) is 0.496. The summed E-state index contributed by atoms with van der Waals surface area (Å²) >= 11 is 0. The van der Waals surface area contributed by atoms with Gasteiger partial charge in [0.15, 0.2) is 0 Å². The Labute approximate surface area is 111 Å². The SMILES string of the molecule is O/N=C1/CCc2c(OCc3cccnc3)cccc21. The van der Waals surface area contributed by atoms with Crippen molar-refractivity contribution in [2.75, 3.05) is 0 Å². The Morgan fingerprint density at radius 1 is 1.21 bits per heavy atom. The van der Waals surface area contributed by atoms with Crippen molar-refractivity contribution in [2.45, 2.75) is 19.4 Å². The fourth-order valence-electron chi connectivity index (χ4n) is 2.36. The highest BCUT2D eigenvalue weighted by Gasteiger charge is 2.21. The molecule has 1 aliphatic rings. The Hall–Kier alpha value is -2.36. The summed E-state index contributed by atoms with van der Waals surface area (Å²) in [5, 5.41) is 12.3. The highest BCUT2D eigenvalue weighted by molar-refractivity contribution is 6.04. The molecule has 0 spiro atoms. The number of benzene rings is 1. The standard InChI is InChI=1S/C15H14N2O2/c18-17-14-7-6-13-12(14)4-1-5-15(13)19-10-11-3-2-8-16-9-11/h1-5,8-9,18H,6-7,10H2/b17-14-. The summed E-state index contributed by atoms with van der Waals surface area (Å²) in [7, 11) is 0.